The first-order valence-corrected chi connectivity index (χ1v) is 13.8. The van der Waals surface area contributed by atoms with Crippen LogP contribution in [-0.4, -0.2) is 66.2 Å². The Kier molecular flexibility index (Phi) is 6.87. The number of nitrogens with one attached hydrogen (secondary N) is 1. The van der Waals surface area contributed by atoms with E-state index in [2.05, 4.69) is 15.7 Å². The predicted octanol–water partition coefficient (Wildman–Crippen LogP) is 1.41. The number of morpholine rings is 1. The Bertz CT molecular complexity index is 1220. The Morgan fingerprint density at radius 3 is 2.39 bits per heavy atom. The van der Waals surface area contributed by atoms with Crippen molar-refractivity contribution in [2.24, 2.45) is 0 Å². The highest BCUT2D eigenvalue weighted by Crippen LogP contribution is 2.27. The van der Waals surface area contributed by atoms with E-state index < -0.39 is 26.0 Å². The normalized spacial score (nSPS) is 20.2. The van der Waals surface area contributed by atoms with Crippen molar-refractivity contribution in [2.75, 3.05) is 42.9 Å². The van der Waals surface area contributed by atoms with Crippen molar-refractivity contribution in [2.45, 2.75) is 24.3 Å². The molecule has 1 amide bonds. The number of nitrogens with zero attached hydrogens (tertiary/aromatic N) is 2. The Balaban J connectivity index is 1.52. The van der Waals surface area contributed by atoms with Crippen LogP contribution in [0.25, 0.3) is 0 Å². The number of carbonyl (C=O) groups excluding carboxylic acids is 1. The average molecular weight is 494 g/mol. The minimum Gasteiger partial charge on any atom is -0.379 e. The summed E-state index contributed by atoms with van der Waals surface area (Å²) in [5, 5.41) is 0. The number of hydrogen-bond donors (Lipinski definition) is 1. The summed E-state index contributed by atoms with van der Waals surface area (Å²) in [6, 6.07) is 13.2. The second kappa shape index (κ2) is 9.51. The maximum Gasteiger partial charge on any atom is 0.242 e. The quantitative estimate of drug-likeness (QED) is 0.621. The minimum absolute atomic E-state index is 0.000244. The zero-order valence-corrected chi connectivity index (χ0v) is 19.9. The van der Waals surface area contributed by atoms with Gasteiger partial charge in [-0.2, -0.15) is 0 Å². The van der Waals surface area contributed by atoms with Crippen LogP contribution < -0.4 is 9.03 Å². The number of sulfonamides is 2. The molecule has 1 N–H and O–H groups in total. The lowest BCUT2D eigenvalue weighted by Crippen LogP contribution is -2.43. The summed E-state index contributed by atoms with van der Waals surface area (Å²) in [4.78, 5) is 14.2. The Hall–Kier alpha value is -2.31. The smallest absolute Gasteiger partial charge is 0.242 e. The molecule has 0 aliphatic carbocycles. The van der Waals surface area contributed by atoms with E-state index in [4.69, 9.17) is 4.74 Å². The van der Waals surface area contributed by atoms with Gasteiger partial charge in [-0.15, -0.1) is 0 Å². The molecule has 2 aliphatic rings. The third-order valence-electron chi connectivity index (χ3n) is 5.84. The second-order valence-corrected chi connectivity index (χ2v) is 11.9. The molecule has 2 aromatic rings. The number of ether oxygens (including phenoxy) is 1. The lowest BCUT2D eigenvalue weighted by molar-refractivity contribution is -0.116. The van der Waals surface area contributed by atoms with Crippen molar-refractivity contribution >= 4 is 31.6 Å². The van der Waals surface area contributed by atoms with Gasteiger partial charge >= 0.3 is 0 Å². The van der Waals surface area contributed by atoms with Gasteiger partial charge in [0.2, 0.25) is 26.0 Å². The molecule has 0 spiro atoms. The summed E-state index contributed by atoms with van der Waals surface area (Å²) in [5.74, 6) is -0.759. The van der Waals surface area contributed by atoms with Gasteiger partial charge < -0.3 is 4.74 Å². The molecule has 2 heterocycles. The number of benzene rings is 2. The van der Waals surface area contributed by atoms with Gasteiger partial charge in [-0.3, -0.25) is 9.69 Å². The number of rotatable bonds is 7. The Labute approximate surface area is 194 Å². The number of hydrogen-bond acceptors (Lipinski definition) is 7. The van der Waals surface area contributed by atoms with Crippen LogP contribution in [0.5, 0.6) is 0 Å². The third-order valence-corrected chi connectivity index (χ3v) is 8.97. The first kappa shape index (κ1) is 23.8. The summed E-state index contributed by atoms with van der Waals surface area (Å²) >= 11 is 0. The highest BCUT2D eigenvalue weighted by Gasteiger charge is 2.36. The maximum atomic E-state index is 13.0. The van der Waals surface area contributed by atoms with Gasteiger partial charge in [0.25, 0.3) is 0 Å². The van der Waals surface area contributed by atoms with Crippen molar-refractivity contribution in [3.05, 3.63) is 59.7 Å². The average Bonchev–Trinajstić information content (AvgIpc) is 3.07. The van der Waals surface area contributed by atoms with E-state index in [1.165, 1.54) is 24.3 Å². The van der Waals surface area contributed by atoms with E-state index in [0.717, 1.165) is 15.4 Å². The van der Waals surface area contributed by atoms with E-state index >= 15 is 0 Å². The number of aryl methyl sites for hydroxylation is 1. The fourth-order valence-corrected chi connectivity index (χ4v) is 6.62. The monoisotopic (exact) mass is 493 g/mol. The molecular weight excluding hydrogens is 466 g/mol. The summed E-state index contributed by atoms with van der Waals surface area (Å²) in [7, 11) is -7.56. The molecule has 1 atom stereocenters. The van der Waals surface area contributed by atoms with E-state index in [1.54, 1.807) is 0 Å². The van der Waals surface area contributed by atoms with Crippen LogP contribution in [0.4, 0.5) is 5.69 Å². The van der Waals surface area contributed by atoms with Crippen LogP contribution in [0.1, 0.15) is 23.6 Å². The molecule has 0 radical (unpaired) electrons. The molecule has 2 aliphatic heterocycles. The number of anilines is 1. The predicted molar refractivity (Wildman–Crippen MR) is 124 cm³/mol. The van der Waals surface area contributed by atoms with Crippen molar-refractivity contribution in [3.63, 3.8) is 0 Å². The first-order chi connectivity index (χ1) is 15.7. The van der Waals surface area contributed by atoms with Crippen molar-refractivity contribution in [1.82, 2.24) is 9.62 Å². The number of amides is 1. The lowest BCUT2D eigenvalue weighted by atomic mass is 10.0. The van der Waals surface area contributed by atoms with Crippen molar-refractivity contribution < 1.29 is 26.4 Å². The Morgan fingerprint density at radius 2 is 1.79 bits per heavy atom. The molecule has 178 valence electrons. The van der Waals surface area contributed by atoms with Crippen LogP contribution in [0.15, 0.2) is 53.4 Å². The molecule has 9 nitrogen and oxygen atoms in total. The highest BCUT2D eigenvalue weighted by atomic mass is 32.2. The lowest BCUT2D eigenvalue weighted by Gasteiger charge is -2.35. The molecule has 2 fully saturated rings. The Morgan fingerprint density at radius 1 is 1.09 bits per heavy atom. The molecule has 2 saturated heterocycles. The fraction of sp³-hybridized carbons (Fsp3) is 0.409. The van der Waals surface area contributed by atoms with Crippen molar-refractivity contribution in [3.8, 4) is 0 Å². The van der Waals surface area contributed by atoms with Gasteiger partial charge in [0.1, 0.15) is 0 Å². The fourth-order valence-electron chi connectivity index (χ4n) is 4.13. The van der Waals surface area contributed by atoms with Gasteiger partial charge in [-0.1, -0.05) is 29.8 Å². The molecule has 33 heavy (non-hydrogen) atoms. The molecular formula is C22H27N3O6S2. The second-order valence-electron chi connectivity index (χ2n) is 8.15. The zero-order chi connectivity index (χ0) is 23.6. The van der Waals surface area contributed by atoms with Gasteiger partial charge in [0, 0.05) is 32.1 Å². The minimum atomic E-state index is -3.86. The van der Waals surface area contributed by atoms with Crippen molar-refractivity contribution in [1.29, 1.82) is 0 Å². The summed E-state index contributed by atoms with van der Waals surface area (Å²) in [6.45, 7) is 4.76. The van der Waals surface area contributed by atoms with Gasteiger partial charge in [-0.25, -0.2) is 25.9 Å². The van der Waals surface area contributed by atoms with E-state index in [1.807, 2.05) is 25.1 Å². The highest BCUT2D eigenvalue weighted by molar-refractivity contribution is 7.94. The van der Waals surface area contributed by atoms with Crippen LogP contribution in [-0.2, 0) is 29.6 Å². The van der Waals surface area contributed by atoms with Crippen LogP contribution in [0, 0.1) is 6.92 Å². The first-order valence-electron chi connectivity index (χ1n) is 10.7. The molecule has 2 aromatic carbocycles. The van der Waals surface area contributed by atoms with Crippen LogP contribution >= 0.6 is 0 Å². The van der Waals surface area contributed by atoms with E-state index in [9.17, 15) is 21.6 Å². The molecule has 0 aromatic heterocycles. The maximum absolute atomic E-state index is 13.0. The van der Waals surface area contributed by atoms with Crippen LogP contribution in [0.3, 0.4) is 0 Å². The summed E-state index contributed by atoms with van der Waals surface area (Å²) < 4.78 is 59.1. The van der Waals surface area contributed by atoms with E-state index in [0.29, 0.717) is 26.3 Å². The molecule has 4 rings (SSSR count). The molecule has 0 unspecified atom stereocenters. The van der Waals surface area contributed by atoms with Gasteiger partial charge in [-0.05, 0) is 36.8 Å². The van der Waals surface area contributed by atoms with Gasteiger partial charge in [0.05, 0.1) is 29.5 Å². The summed E-state index contributed by atoms with van der Waals surface area (Å²) in [6.07, 6.45) is -0.0776. The topological polar surface area (TPSA) is 113 Å². The van der Waals surface area contributed by atoms with E-state index in [-0.39, 0.29) is 35.3 Å². The standard InChI is InChI=1S/C22H27N3O6S2/c1-17-3-2-4-18(15-17)21(24-10-12-31-13-11-24)16-23-33(29,30)20-7-5-19(6-8-20)25-22(26)9-14-32(25,27)28/h2-8,15,21,23H,9-14,16H2,1H3/t21-/m1/s1. The molecule has 11 heteroatoms. The SMILES string of the molecule is Cc1cccc([C@@H](CNS(=O)(=O)c2ccc(N3C(=O)CCS3(=O)=O)cc2)N2CCOCC2)c1. The third kappa shape index (κ3) is 5.28. The zero-order valence-electron chi connectivity index (χ0n) is 18.3. The summed E-state index contributed by atoms with van der Waals surface area (Å²) in [5.41, 5.74) is 2.26. The largest absolute Gasteiger partial charge is 0.379 e. The molecule has 0 bridgehead atoms. The number of carbonyl (C=O) groups is 1. The van der Waals surface area contributed by atoms with Gasteiger partial charge in [0.15, 0.2) is 0 Å². The molecule has 0 saturated carbocycles. The van der Waals surface area contributed by atoms with Crippen LogP contribution in [0.2, 0.25) is 0 Å².